The Kier molecular flexibility index (Phi) is 9.94. The molecule has 4 N–H and O–H groups in total. The van der Waals surface area contributed by atoms with Gasteiger partial charge in [-0.25, -0.2) is 4.79 Å². The molecule has 156 valence electrons. The summed E-state index contributed by atoms with van der Waals surface area (Å²) in [6.07, 6.45) is 0.264. The van der Waals surface area contributed by atoms with Crippen molar-refractivity contribution in [2.45, 2.75) is 12.5 Å². The number of amides is 1. The zero-order chi connectivity index (χ0) is 21.7. The molecule has 0 bridgehead atoms. The van der Waals surface area contributed by atoms with Gasteiger partial charge in [-0.15, -0.1) is 0 Å². The summed E-state index contributed by atoms with van der Waals surface area (Å²) < 4.78 is 13.9. The highest BCUT2D eigenvalue weighted by molar-refractivity contribution is 14.1. The Labute approximate surface area is 222 Å². The van der Waals surface area contributed by atoms with Gasteiger partial charge in [-0.2, -0.15) is 0 Å². The highest BCUT2D eigenvalue weighted by Gasteiger charge is 2.23. The van der Waals surface area contributed by atoms with Gasteiger partial charge in [0.15, 0.2) is 5.75 Å². The summed E-state index contributed by atoms with van der Waals surface area (Å²) in [5, 5.41) is 12.5. The standard InChI is InChI=1S/C18H16I4N2O5/c1-28-18(27)14(24-15(25)7-23)4-8-2-12(21)17(13(22)3-8)29-9-5-10(19)16(26)11(20)6-9/h2-3,5-6,14,26H,4,7,23H2,1H3,(H,24,25). The summed E-state index contributed by atoms with van der Waals surface area (Å²) >= 11 is 8.43. The number of esters is 1. The van der Waals surface area contributed by atoms with Crippen LogP contribution in [-0.4, -0.2) is 36.7 Å². The van der Waals surface area contributed by atoms with Crippen molar-refractivity contribution in [1.29, 1.82) is 0 Å². The largest absolute Gasteiger partial charge is 0.506 e. The molecule has 1 amide bonds. The number of benzene rings is 2. The average Bonchev–Trinajstić information content (AvgIpc) is 2.67. The molecule has 0 heterocycles. The molecular formula is C18H16I4N2O5. The normalized spacial score (nSPS) is 11.7. The van der Waals surface area contributed by atoms with Crippen molar-refractivity contribution < 1.29 is 24.2 Å². The molecule has 0 fully saturated rings. The zero-order valence-electron chi connectivity index (χ0n) is 15.0. The maximum Gasteiger partial charge on any atom is 0.328 e. The third kappa shape index (κ3) is 6.93. The molecule has 0 radical (unpaired) electrons. The van der Waals surface area contributed by atoms with Crippen molar-refractivity contribution >= 4 is 102 Å². The molecule has 0 spiro atoms. The molecule has 1 unspecified atom stereocenters. The van der Waals surface area contributed by atoms with E-state index in [1.165, 1.54) is 7.11 Å². The second kappa shape index (κ2) is 11.5. The fourth-order valence-corrected chi connectivity index (χ4v) is 6.20. The van der Waals surface area contributed by atoms with E-state index in [0.29, 0.717) is 18.6 Å². The molecule has 0 saturated heterocycles. The highest BCUT2D eigenvalue weighted by atomic mass is 127. The number of nitrogens with two attached hydrogens (primary N) is 1. The van der Waals surface area contributed by atoms with E-state index in [0.717, 1.165) is 12.7 Å². The van der Waals surface area contributed by atoms with E-state index in [2.05, 4.69) is 95.7 Å². The van der Waals surface area contributed by atoms with Crippen LogP contribution >= 0.6 is 90.4 Å². The molecule has 11 heteroatoms. The van der Waals surface area contributed by atoms with E-state index < -0.39 is 17.9 Å². The van der Waals surface area contributed by atoms with Crippen molar-refractivity contribution in [1.82, 2.24) is 5.32 Å². The first-order valence-electron chi connectivity index (χ1n) is 8.07. The van der Waals surface area contributed by atoms with Crippen LogP contribution in [0.1, 0.15) is 5.56 Å². The van der Waals surface area contributed by atoms with Crippen LogP contribution in [-0.2, 0) is 20.7 Å². The van der Waals surface area contributed by atoms with Gasteiger partial charge in [0.2, 0.25) is 5.91 Å². The van der Waals surface area contributed by atoms with Gasteiger partial charge < -0.3 is 25.6 Å². The van der Waals surface area contributed by atoms with Crippen LogP contribution < -0.4 is 15.8 Å². The number of rotatable bonds is 7. The molecule has 1 atom stereocenters. The minimum absolute atomic E-state index is 0.209. The molecule has 0 saturated carbocycles. The number of phenolic OH excluding ortho intramolecular Hbond substituents is 1. The van der Waals surface area contributed by atoms with Crippen LogP contribution in [0.5, 0.6) is 17.2 Å². The summed E-state index contributed by atoms with van der Waals surface area (Å²) in [5.74, 6) is 0.550. The van der Waals surface area contributed by atoms with E-state index in [9.17, 15) is 14.7 Å². The Balaban J connectivity index is 2.28. The van der Waals surface area contributed by atoms with Crippen molar-refractivity contribution in [2.75, 3.05) is 13.7 Å². The SMILES string of the molecule is COC(=O)C(Cc1cc(I)c(Oc2cc(I)c(O)c(I)c2)c(I)c1)NC(=O)CN. The lowest BCUT2D eigenvalue weighted by Gasteiger charge is -2.18. The number of hydrogen-bond donors (Lipinski definition) is 3. The number of carbonyl (C=O) groups excluding carboxylic acids is 2. The predicted octanol–water partition coefficient (Wildman–Crippen LogP) is 3.76. The van der Waals surface area contributed by atoms with E-state index >= 15 is 0 Å². The number of halogens is 4. The molecule has 0 aromatic heterocycles. The first-order valence-corrected chi connectivity index (χ1v) is 12.4. The van der Waals surface area contributed by atoms with E-state index in [1.807, 2.05) is 12.1 Å². The maximum atomic E-state index is 12.0. The quantitative estimate of drug-likeness (QED) is 0.290. The van der Waals surface area contributed by atoms with E-state index in [-0.39, 0.29) is 18.7 Å². The van der Waals surface area contributed by atoms with Gasteiger partial charge in [-0.05, 0) is 120 Å². The Morgan fingerprint density at radius 3 is 2.10 bits per heavy atom. The van der Waals surface area contributed by atoms with Gasteiger partial charge in [-0.3, -0.25) is 4.79 Å². The Bertz CT molecular complexity index is 892. The molecule has 0 aliphatic carbocycles. The minimum Gasteiger partial charge on any atom is -0.506 e. The molecule has 7 nitrogen and oxygen atoms in total. The summed E-state index contributed by atoms with van der Waals surface area (Å²) in [6, 6.07) is 6.47. The number of nitrogens with one attached hydrogen (secondary N) is 1. The minimum atomic E-state index is -0.824. The molecule has 29 heavy (non-hydrogen) atoms. The number of aromatic hydroxyl groups is 1. The van der Waals surface area contributed by atoms with Crippen LogP contribution in [0, 0.1) is 14.3 Å². The summed E-state index contributed by atoms with van der Waals surface area (Å²) in [7, 11) is 1.27. The van der Waals surface area contributed by atoms with Crippen LogP contribution in [0.15, 0.2) is 24.3 Å². The first-order chi connectivity index (χ1) is 13.7. The Morgan fingerprint density at radius 1 is 1.07 bits per heavy atom. The average molecular weight is 848 g/mol. The fraction of sp³-hybridized carbons (Fsp3) is 0.222. The number of hydrogen-bond acceptors (Lipinski definition) is 6. The monoisotopic (exact) mass is 848 g/mol. The number of phenols is 1. The second-order valence-electron chi connectivity index (χ2n) is 5.78. The van der Waals surface area contributed by atoms with Crippen LogP contribution in [0.3, 0.4) is 0 Å². The third-order valence-corrected chi connectivity index (χ3v) is 6.96. The molecule has 2 aromatic rings. The Hall–Kier alpha value is -0.140. The van der Waals surface area contributed by atoms with Gasteiger partial charge >= 0.3 is 5.97 Å². The van der Waals surface area contributed by atoms with E-state index in [4.69, 9.17) is 15.2 Å². The first kappa shape index (κ1) is 25.1. The molecule has 2 aromatic carbocycles. The summed E-state index contributed by atoms with van der Waals surface area (Å²) in [6.45, 7) is -0.209. The molecule has 0 aliphatic heterocycles. The van der Waals surface area contributed by atoms with Gasteiger partial charge in [0.05, 0.1) is 27.9 Å². The van der Waals surface area contributed by atoms with Gasteiger partial charge in [0.1, 0.15) is 17.5 Å². The lowest BCUT2D eigenvalue weighted by atomic mass is 10.1. The topological polar surface area (TPSA) is 111 Å². The zero-order valence-corrected chi connectivity index (χ0v) is 23.6. The number of ether oxygens (including phenoxy) is 2. The van der Waals surface area contributed by atoms with Gasteiger partial charge in [0.25, 0.3) is 0 Å². The van der Waals surface area contributed by atoms with Crippen molar-refractivity contribution in [2.24, 2.45) is 5.73 Å². The van der Waals surface area contributed by atoms with Crippen molar-refractivity contribution in [3.8, 4) is 17.2 Å². The van der Waals surface area contributed by atoms with Crippen molar-refractivity contribution in [3.05, 3.63) is 44.1 Å². The molecular weight excluding hydrogens is 832 g/mol. The second-order valence-corrected chi connectivity index (χ2v) is 10.4. The van der Waals surface area contributed by atoms with Crippen LogP contribution in [0.25, 0.3) is 0 Å². The fourth-order valence-electron chi connectivity index (χ4n) is 2.37. The number of carbonyl (C=O) groups is 2. The van der Waals surface area contributed by atoms with E-state index in [1.54, 1.807) is 12.1 Å². The summed E-state index contributed by atoms with van der Waals surface area (Å²) in [5.41, 5.74) is 6.17. The van der Waals surface area contributed by atoms with Crippen LogP contribution in [0.2, 0.25) is 0 Å². The van der Waals surface area contributed by atoms with Crippen molar-refractivity contribution in [3.63, 3.8) is 0 Å². The third-order valence-electron chi connectivity index (χ3n) is 3.71. The van der Waals surface area contributed by atoms with Gasteiger partial charge in [0, 0.05) is 6.42 Å². The predicted molar refractivity (Wildman–Crippen MR) is 142 cm³/mol. The van der Waals surface area contributed by atoms with Gasteiger partial charge in [-0.1, -0.05) is 0 Å². The maximum absolute atomic E-state index is 12.0. The highest BCUT2D eigenvalue weighted by Crippen LogP contribution is 2.37. The lowest BCUT2D eigenvalue weighted by molar-refractivity contribution is -0.144. The lowest BCUT2D eigenvalue weighted by Crippen LogP contribution is -2.45. The number of methoxy groups -OCH3 is 1. The smallest absolute Gasteiger partial charge is 0.328 e. The van der Waals surface area contributed by atoms with Crippen LogP contribution in [0.4, 0.5) is 0 Å². The summed E-state index contributed by atoms with van der Waals surface area (Å²) in [4.78, 5) is 23.6. The molecule has 2 rings (SSSR count). The molecule has 0 aliphatic rings. The Morgan fingerprint density at radius 2 is 1.62 bits per heavy atom.